The molecule has 3 rings (SSSR count). The molecule has 140 valence electrons. The Hall–Kier alpha value is -4.06. The summed E-state index contributed by atoms with van der Waals surface area (Å²) in [5, 5.41) is 8.48. The van der Waals surface area contributed by atoms with E-state index in [1.165, 1.54) is 6.20 Å². The molecule has 1 aromatic rings. The Bertz CT molecular complexity index is 1050. The van der Waals surface area contributed by atoms with Crippen molar-refractivity contribution in [2.24, 2.45) is 10.7 Å². The number of hydrogen-bond acceptors (Lipinski definition) is 5. The van der Waals surface area contributed by atoms with Crippen molar-refractivity contribution in [2.75, 3.05) is 0 Å². The zero-order valence-electron chi connectivity index (χ0n) is 15.2. The molecule has 0 radical (unpaired) electrons. The summed E-state index contributed by atoms with van der Waals surface area (Å²) in [7, 11) is 0. The summed E-state index contributed by atoms with van der Waals surface area (Å²) in [6.07, 6.45) is 23.1. The number of amides is 1. The van der Waals surface area contributed by atoms with Gasteiger partial charge in [-0.2, -0.15) is 0 Å². The van der Waals surface area contributed by atoms with Crippen LogP contribution in [0.5, 0.6) is 0 Å². The van der Waals surface area contributed by atoms with E-state index in [0.717, 1.165) is 16.1 Å². The lowest BCUT2D eigenvalue weighted by atomic mass is 10.1. The van der Waals surface area contributed by atoms with Gasteiger partial charge in [-0.25, -0.2) is 0 Å². The van der Waals surface area contributed by atoms with Gasteiger partial charge < -0.3 is 21.3 Å². The molecule has 0 atom stereocenters. The van der Waals surface area contributed by atoms with Crippen LogP contribution in [-0.4, -0.2) is 17.0 Å². The van der Waals surface area contributed by atoms with Gasteiger partial charge in [-0.1, -0.05) is 30.3 Å². The SMILES string of the molecule is NC(=O)C1=CN=CC=CNC=CN2C=c3ccccc3=CC2=CNC=CC=C1. The lowest BCUT2D eigenvalue weighted by Crippen LogP contribution is -2.32. The molecule has 6 nitrogen and oxygen atoms in total. The minimum absolute atomic E-state index is 0.308. The van der Waals surface area contributed by atoms with Gasteiger partial charge in [0.1, 0.15) is 0 Å². The van der Waals surface area contributed by atoms with Crippen LogP contribution in [0.2, 0.25) is 0 Å². The number of carbonyl (C=O) groups is 1. The number of rotatable bonds is 1. The molecule has 2 aliphatic rings. The van der Waals surface area contributed by atoms with Crippen molar-refractivity contribution in [2.45, 2.75) is 0 Å². The van der Waals surface area contributed by atoms with E-state index in [4.69, 9.17) is 5.73 Å². The Balaban J connectivity index is 1.91. The predicted molar refractivity (Wildman–Crippen MR) is 113 cm³/mol. The van der Waals surface area contributed by atoms with Crippen LogP contribution in [0.15, 0.2) is 102 Å². The van der Waals surface area contributed by atoms with Crippen LogP contribution >= 0.6 is 0 Å². The fourth-order valence-electron chi connectivity index (χ4n) is 2.51. The van der Waals surface area contributed by atoms with E-state index in [9.17, 15) is 4.79 Å². The highest BCUT2D eigenvalue weighted by Gasteiger charge is 2.05. The molecule has 4 N–H and O–H groups in total. The first-order chi connectivity index (χ1) is 13.7. The molecule has 0 saturated heterocycles. The lowest BCUT2D eigenvalue weighted by Gasteiger charge is -2.20. The maximum Gasteiger partial charge on any atom is 0.250 e. The molecule has 2 heterocycles. The largest absolute Gasteiger partial charge is 0.366 e. The number of allylic oxidation sites excluding steroid dienone is 4. The number of nitrogens with one attached hydrogen (secondary N) is 2. The standard InChI is InChI=1S/C22H21N5O/c23-22(28)19-7-3-4-9-26-16-21-14-18-6-1-2-8-20(18)17-27(21)13-12-24-10-5-11-25-15-19/h1-17,24,26H,(H2,23,28). The summed E-state index contributed by atoms with van der Waals surface area (Å²) in [6, 6.07) is 8.18. The van der Waals surface area contributed by atoms with E-state index in [-0.39, 0.29) is 0 Å². The van der Waals surface area contributed by atoms with E-state index in [1.54, 1.807) is 42.9 Å². The summed E-state index contributed by atoms with van der Waals surface area (Å²) in [5.41, 5.74) is 6.63. The molecule has 0 aromatic heterocycles. The monoisotopic (exact) mass is 371 g/mol. The number of carbonyl (C=O) groups excluding carboxylic acids is 1. The molecule has 0 aliphatic carbocycles. The van der Waals surface area contributed by atoms with Crippen LogP contribution in [-0.2, 0) is 4.79 Å². The third-order valence-corrected chi connectivity index (χ3v) is 3.88. The average molecular weight is 371 g/mol. The average Bonchev–Trinajstić information content (AvgIpc) is 2.70. The van der Waals surface area contributed by atoms with Crippen molar-refractivity contribution in [1.82, 2.24) is 15.5 Å². The highest BCUT2D eigenvalue weighted by Crippen LogP contribution is 2.09. The van der Waals surface area contributed by atoms with Gasteiger partial charge in [-0.15, -0.1) is 0 Å². The molecule has 1 amide bonds. The molecule has 0 bridgehead atoms. The van der Waals surface area contributed by atoms with Crippen molar-refractivity contribution in [1.29, 1.82) is 0 Å². The van der Waals surface area contributed by atoms with Crippen LogP contribution < -0.4 is 26.8 Å². The van der Waals surface area contributed by atoms with Gasteiger partial charge in [0.2, 0.25) is 5.91 Å². The first-order valence-electron chi connectivity index (χ1n) is 8.71. The summed E-state index contributed by atoms with van der Waals surface area (Å²) in [4.78, 5) is 17.5. The molecular weight excluding hydrogens is 350 g/mol. The Morgan fingerprint density at radius 3 is 2.68 bits per heavy atom. The van der Waals surface area contributed by atoms with E-state index < -0.39 is 5.91 Å². The number of nitrogens with two attached hydrogens (primary N) is 1. The van der Waals surface area contributed by atoms with Crippen LogP contribution in [0.4, 0.5) is 0 Å². The maximum absolute atomic E-state index is 11.4. The molecule has 0 unspecified atom stereocenters. The third-order valence-electron chi connectivity index (χ3n) is 3.88. The summed E-state index contributed by atoms with van der Waals surface area (Å²) < 4.78 is 0. The number of benzene rings is 1. The van der Waals surface area contributed by atoms with Gasteiger partial charge in [0, 0.05) is 49.6 Å². The van der Waals surface area contributed by atoms with E-state index in [2.05, 4.69) is 40.0 Å². The van der Waals surface area contributed by atoms with Crippen LogP contribution in [0.3, 0.4) is 0 Å². The molecule has 28 heavy (non-hydrogen) atoms. The summed E-state index contributed by atoms with van der Waals surface area (Å²) >= 11 is 0. The molecule has 0 saturated carbocycles. The van der Waals surface area contributed by atoms with E-state index in [0.29, 0.717) is 5.57 Å². The van der Waals surface area contributed by atoms with Gasteiger partial charge in [0.25, 0.3) is 0 Å². The molecule has 0 spiro atoms. The molecule has 1 aromatic carbocycles. The number of nitrogens with zero attached hydrogens (tertiary/aromatic N) is 2. The van der Waals surface area contributed by atoms with Crippen LogP contribution in [0, 0.1) is 0 Å². The van der Waals surface area contributed by atoms with Crippen molar-refractivity contribution < 1.29 is 4.79 Å². The summed E-state index contributed by atoms with van der Waals surface area (Å²) in [5.74, 6) is -0.540. The third kappa shape index (κ3) is 5.22. The molecule has 6 heteroatoms. The fraction of sp³-hybridized carbons (Fsp3) is 0. The Kier molecular flexibility index (Phi) is 6.41. The maximum atomic E-state index is 11.4. The Labute approximate surface area is 163 Å². The van der Waals surface area contributed by atoms with Gasteiger partial charge in [-0.05, 0) is 34.7 Å². The van der Waals surface area contributed by atoms with Crippen molar-refractivity contribution in [3.63, 3.8) is 0 Å². The van der Waals surface area contributed by atoms with Crippen molar-refractivity contribution in [3.05, 3.63) is 107 Å². The minimum Gasteiger partial charge on any atom is -0.366 e. The first-order valence-corrected chi connectivity index (χ1v) is 8.71. The number of aliphatic imine (C=N–C) groups is 1. The molecule has 0 fully saturated rings. The summed E-state index contributed by atoms with van der Waals surface area (Å²) in [6.45, 7) is 0. The van der Waals surface area contributed by atoms with Crippen molar-refractivity contribution >= 4 is 24.4 Å². The second-order valence-corrected chi connectivity index (χ2v) is 5.85. The number of fused-ring (bicyclic) bond motifs is 2. The quantitative estimate of drug-likeness (QED) is 0.689. The van der Waals surface area contributed by atoms with E-state index >= 15 is 0 Å². The highest BCUT2D eigenvalue weighted by atomic mass is 16.1. The van der Waals surface area contributed by atoms with Gasteiger partial charge in [0.15, 0.2) is 0 Å². The topological polar surface area (TPSA) is 82.8 Å². The molecular formula is C22H21N5O. The number of primary amides is 1. The second kappa shape index (κ2) is 9.59. The minimum atomic E-state index is -0.540. The molecule has 2 aliphatic heterocycles. The Morgan fingerprint density at radius 2 is 1.82 bits per heavy atom. The highest BCUT2D eigenvalue weighted by molar-refractivity contribution is 5.95. The van der Waals surface area contributed by atoms with Crippen molar-refractivity contribution in [3.8, 4) is 0 Å². The first kappa shape index (κ1) is 18.7. The van der Waals surface area contributed by atoms with Gasteiger partial charge >= 0.3 is 0 Å². The Morgan fingerprint density at radius 1 is 1.00 bits per heavy atom. The fourth-order valence-corrected chi connectivity index (χ4v) is 2.51. The second-order valence-electron chi connectivity index (χ2n) is 5.85. The van der Waals surface area contributed by atoms with Crippen LogP contribution in [0.1, 0.15) is 0 Å². The lowest BCUT2D eigenvalue weighted by molar-refractivity contribution is -0.114. The van der Waals surface area contributed by atoms with E-state index in [1.807, 2.05) is 35.6 Å². The zero-order valence-corrected chi connectivity index (χ0v) is 15.2. The van der Waals surface area contributed by atoms with Crippen LogP contribution in [0.25, 0.3) is 12.3 Å². The van der Waals surface area contributed by atoms with Gasteiger partial charge in [0.05, 0.1) is 11.3 Å². The normalized spacial score (nSPS) is 16.2. The number of hydrogen-bond donors (Lipinski definition) is 3. The van der Waals surface area contributed by atoms with Gasteiger partial charge in [-0.3, -0.25) is 9.79 Å². The predicted octanol–water partition coefficient (Wildman–Crippen LogP) is 1.05. The smallest absolute Gasteiger partial charge is 0.250 e. The zero-order chi connectivity index (χ0) is 19.6.